The molecule has 0 saturated carbocycles. The second-order valence-corrected chi connectivity index (χ2v) is 9.15. The van der Waals surface area contributed by atoms with Crippen molar-refractivity contribution in [2.45, 2.75) is 31.3 Å². The van der Waals surface area contributed by atoms with Crippen LogP contribution in [0.5, 0.6) is 5.75 Å². The molecule has 2 aromatic heterocycles. The molecule has 190 valence electrons. The number of hydrogen-bond acceptors (Lipinski definition) is 6. The number of rotatable bonds is 5. The Morgan fingerprint density at radius 1 is 1.03 bits per heavy atom. The molecule has 4 aromatic rings. The number of aromatic nitrogens is 3. The van der Waals surface area contributed by atoms with Gasteiger partial charge >= 0.3 is 12.4 Å². The van der Waals surface area contributed by atoms with Gasteiger partial charge in [0.25, 0.3) is 11.2 Å². The Morgan fingerprint density at radius 2 is 1.67 bits per heavy atom. The third kappa shape index (κ3) is 4.32. The van der Waals surface area contributed by atoms with Crippen LogP contribution in [0, 0.1) is 6.92 Å². The van der Waals surface area contributed by atoms with Gasteiger partial charge in [-0.2, -0.15) is 26.3 Å². The highest BCUT2D eigenvalue weighted by Gasteiger charge is 2.71. The first kappa shape index (κ1) is 25.6. The zero-order valence-electron chi connectivity index (χ0n) is 18.6. The normalized spacial score (nSPS) is 12.8. The predicted octanol–water partition coefficient (Wildman–Crippen LogP) is 5.06. The molecule has 0 radical (unpaired) electrons. The number of ether oxygens (including phenoxy) is 1. The van der Waals surface area contributed by atoms with Crippen molar-refractivity contribution in [3.8, 4) is 11.4 Å². The maximum atomic E-state index is 13.5. The van der Waals surface area contributed by atoms with Gasteiger partial charge in [0.05, 0.1) is 28.7 Å². The van der Waals surface area contributed by atoms with Crippen molar-refractivity contribution in [2.75, 3.05) is 7.11 Å². The summed E-state index contributed by atoms with van der Waals surface area (Å²) in [6, 6.07) is 7.37. The molecule has 0 bridgehead atoms. The van der Waals surface area contributed by atoms with Crippen molar-refractivity contribution in [2.24, 2.45) is 0 Å². The Kier molecular flexibility index (Phi) is 6.33. The molecule has 0 unspecified atom stereocenters. The van der Waals surface area contributed by atoms with E-state index in [1.54, 1.807) is 25.3 Å². The van der Waals surface area contributed by atoms with Gasteiger partial charge in [-0.1, -0.05) is 12.1 Å². The van der Waals surface area contributed by atoms with Crippen LogP contribution in [0.3, 0.4) is 0 Å². The molecular weight excluding hydrogens is 512 g/mol. The molecule has 13 heteroatoms. The number of benzene rings is 2. The van der Waals surface area contributed by atoms with Gasteiger partial charge in [0, 0.05) is 23.1 Å². The molecule has 0 amide bonds. The van der Waals surface area contributed by atoms with Crippen LogP contribution in [0.15, 0.2) is 53.5 Å². The highest BCUT2D eigenvalue weighted by atomic mass is 32.1. The molecule has 0 aliphatic rings. The minimum absolute atomic E-state index is 0.0380. The Labute approximate surface area is 203 Å². The van der Waals surface area contributed by atoms with Gasteiger partial charge in [0.2, 0.25) is 0 Å². The van der Waals surface area contributed by atoms with E-state index in [4.69, 9.17) is 4.74 Å². The van der Waals surface area contributed by atoms with Crippen molar-refractivity contribution in [1.29, 1.82) is 0 Å². The van der Waals surface area contributed by atoms with Crippen LogP contribution in [0.4, 0.5) is 26.3 Å². The first-order chi connectivity index (χ1) is 16.8. The monoisotopic (exact) mass is 529 g/mol. The minimum atomic E-state index is -6.03. The molecule has 0 atom stereocenters. The standard InChI is InChI=1S/C23H17F6N3O3S/c1-12-30-11-16(36-12)10-19-31-18-8-7-15(35-2)9-17(18)20(33)32(19)14-5-3-13(4-6-14)21(34,22(24,25)26)23(27,28)29/h3-9,11,34H,10H2,1-2H3. The van der Waals surface area contributed by atoms with Gasteiger partial charge < -0.3 is 9.84 Å². The average molecular weight is 529 g/mol. The summed E-state index contributed by atoms with van der Waals surface area (Å²) in [5.74, 6) is 0.547. The van der Waals surface area contributed by atoms with Crippen LogP contribution >= 0.6 is 11.3 Å². The third-order valence-corrected chi connectivity index (χ3v) is 6.42. The number of aliphatic hydroxyl groups is 1. The summed E-state index contributed by atoms with van der Waals surface area (Å²) in [5.41, 5.74) is -6.84. The van der Waals surface area contributed by atoms with E-state index < -0.39 is 29.1 Å². The zero-order chi connectivity index (χ0) is 26.5. The third-order valence-electron chi connectivity index (χ3n) is 5.51. The number of thiazole rings is 1. The minimum Gasteiger partial charge on any atom is -0.497 e. The van der Waals surface area contributed by atoms with Crippen LogP contribution in [0.2, 0.25) is 0 Å². The molecule has 0 aliphatic heterocycles. The highest BCUT2D eigenvalue weighted by molar-refractivity contribution is 7.11. The fourth-order valence-electron chi connectivity index (χ4n) is 3.71. The summed E-state index contributed by atoms with van der Waals surface area (Å²) < 4.78 is 85.9. The fraction of sp³-hybridized carbons (Fsp3) is 0.261. The van der Waals surface area contributed by atoms with E-state index >= 15 is 0 Å². The molecule has 6 nitrogen and oxygen atoms in total. The number of nitrogens with zero attached hydrogens (tertiary/aromatic N) is 3. The van der Waals surface area contributed by atoms with E-state index in [1.165, 1.54) is 24.5 Å². The number of aryl methyl sites for hydroxylation is 1. The predicted molar refractivity (Wildman–Crippen MR) is 120 cm³/mol. The van der Waals surface area contributed by atoms with Crippen LogP contribution in [0.1, 0.15) is 21.3 Å². The first-order valence-electron chi connectivity index (χ1n) is 10.2. The van der Waals surface area contributed by atoms with Gasteiger partial charge in [-0.05, 0) is 37.3 Å². The first-order valence-corrected chi connectivity index (χ1v) is 11.1. The van der Waals surface area contributed by atoms with Crippen LogP contribution in [-0.4, -0.2) is 39.1 Å². The molecule has 0 saturated heterocycles. The lowest BCUT2D eigenvalue weighted by Crippen LogP contribution is -2.53. The van der Waals surface area contributed by atoms with E-state index in [0.717, 1.165) is 26.6 Å². The summed E-state index contributed by atoms with van der Waals surface area (Å²) in [4.78, 5) is 22.9. The molecule has 0 aliphatic carbocycles. The fourth-order valence-corrected chi connectivity index (χ4v) is 4.50. The van der Waals surface area contributed by atoms with E-state index in [0.29, 0.717) is 23.4 Å². The lowest BCUT2D eigenvalue weighted by Gasteiger charge is -2.32. The molecule has 36 heavy (non-hydrogen) atoms. The van der Waals surface area contributed by atoms with Crippen molar-refractivity contribution < 1.29 is 36.2 Å². The van der Waals surface area contributed by atoms with E-state index in [2.05, 4.69) is 9.97 Å². The second kappa shape index (κ2) is 8.89. The molecule has 0 spiro atoms. The van der Waals surface area contributed by atoms with Crippen molar-refractivity contribution in [3.05, 3.63) is 80.3 Å². The highest BCUT2D eigenvalue weighted by Crippen LogP contribution is 2.50. The Hall–Kier alpha value is -3.45. The number of hydrogen-bond donors (Lipinski definition) is 1. The molecule has 1 N–H and O–H groups in total. The van der Waals surface area contributed by atoms with Gasteiger partial charge in [-0.3, -0.25) is 9.36 Å². The summed E-state index contributed by atoms with van der Waals surface area (Å²) in [6.07, 6.45) is -10.3. The quantitative estimate of drug-likeness (QED) is 0.366. The van der Waals surface area contributed by atoms with Gasteiger partial charge in [-0.25, -0.2) is 9.97 Å². The maximum Gasteiger partial charge on any atom is 0.430 e. The van der Waals surface area contributed by atoms with Crippen molar-refractivity contribution >= 4 is 22.2 Å². The SMILES string of the molecule is COc1ccc2nc(Cc3cnc(C)s3)n(-c3ccc(C(O)(C(F)(F)F)C(F)(F)F)cc3)c(=O)c2c1. The summed E-state index contributed by atoms with van der Waals surface area (Å²) >= 11 is 1.35. The van der Waals surface area contributed by atoms with Crippen molar-refractivity contribution in [1.82, 2.24) is 14.5 Å². The van der Waals surface area contributed by atoms with E-state index in [1.807, 2.05) is 0 Å². The molecular formula is C23H17F6N3O3S. The van der Waals surface area contributed by atoms with Crippen LogP contribution in [-0.2, 0) is 12.0 Å². The van der Waals surface area contributed by atoms with Crippen LogP contribution < -0.4 is 10.3 Å². The Balaban J connectivity index is 1.91. The van der Waals surface area contributed by atoms with E-state index in [-0.39, 0.29) is 23.3 Å². The number of methoxy groups -OCH3 is 1. The topological polar surface area (TPSA) is 77.2 Å². The van der Waals surface area contributed by atoms with Crippen molar-refractivity contribution in [3.63, 3.8) is 0 Å². The number of halogens is 6. The van der Waals surface area contributed by atoms with Crippen LogP contribution in [0.25, 0.3) is 16.6 Å². The summed E-state index contributed by atoms with van der Waals surface area (Å²) in [6.45, 7) is 1.78. The molecule has 2 heterocycles. The smallest absolute Gasteiger partial charge is 0.430 e. The lowest BCUT2D eigenvalue weighted by molar-refractivity contribution is -0.376. The molecule has 0 fully saturated rings. The second-order valence-electron chi connectivity index (χ2n) is 7.83. The van der Waals surface area contributed by atoms with Gasteiger partial charge in [0.1, 0.15) is 11.6 Å². The Morgan fingerprint density at radius 3 is 2.19 bits per heavy atom. The number of fused-ring (bicyclic) bond motifs is 1. The largest absolute Gasteiger partial charge is 0.497 e. The zero-order valence-corrected chi connectivity index (χ0v) is 19.4. The van der Waals surface area contributed by atoms with E-state index in [9.17, 15) is 36.2 Å². The number of alkyl halides is 6. The average Bonchev–Trinajstić information content (AvgIpc) is 3.21. The summed E-state index contributed by atoms with van der Waals surface area (Å²) in [7, 11) is 1.40. The Bertz CT molecular complexity index is 1460. The summed E-state index contributed by atoms with van der Waals surface area (Å²) in [5, 5.41) is 10.6. The van der Waals surface area contributed by atoms with Gasteiger partial charge in [-0.15, -0.1) is 11.3 Å². The lowest BCUT2D eigenvalue weighted by atomic mass is 9.92. The molecule has 4 rings (SSSR count). The maximum absolute atomic E-state index is 13.5. The molecule has 2 aromatic carbocycles. The van der Waals surface area contributed by atoms with Gasteiger partial charge in [0.15, 0.2) is 0 Å².